The highest BCUT2D eigenvalue weighted by Crippen LogP contribution is 2.35. The number of hydrogen-bond donors (Lipinski definition) is 1. The molecule has 8 heteroatoms. The number of carbonyl (C=O) groups excluding carboxylic acids is 2. The fraction of sp³-hybridized carbons (Fsp3) is 0.190. The smallest absolute Gasteiger partial charge is 0.325 e. The summed E-state index contributed by atoms with van der Waals surface area (Å²) < 4.78 is 6.34. The van der Waals surface area contributed by atoms with Crippen LogP contribution in [0, 0.1) is 0 Å². The summed E-state index contributed by atoms with van der Waals surface area (Å²) in [6.45, 7) is 1.83. The minimum atomic E-state index is -1.08. The van der Waals surface area contributed by atoms with Gasteiger partial charge in [-0.15, -0.1) is 11.3 Å². The second-order valence-corrected chi connectivity index (χ2v) is 8.57. The third-order valence-electron chi connectivity index (χ3n) is 4.89. The molecule has 1 atom stereocenters. The zero-order valence-electron chi connectivity index (χ0n) is 15.8. The van der Waals surface area contributed by atoms with Crippen LogP contribution in [0.25, 0.3) is 10.6 Å². The highest BCUT2D eigenvalue weighted by molar-refractivity contribution is 9.10. The second-order valence-electron chi connectivity index (χ2n) is 6.80. The lowest BCUT2D eigenvalue weighted by atomic mass is 9.92. The van der Waals surface area contributed by atoms with Crippen molar-refractivity contribution in [1.29, 1.82) is 0 Å². The zero-order chi connectivity index (χ0) is 20.6. The van der Waals surface area contributed by atoms with E-state index in [-0.39, 0.29) is 12.5 Å². The molecular formula is C21H18BrN3O3S. The van der Waals surface area contributed by atoms with E-state index in [2.05, 4.69) is 26.2 Å². The van der Waals surface area contributed by atoms with Crippen molar-refractivity contribution in [2.24, 2.45) is 0 Å². The van der Waals surface area contributed by atoms with Crippen molar-refractivity contribution in [2.75, 3.05) is 7.11 Å². The summed E-state index contributed by atoms with van der Waals surface area (Å²) in [4.78, 5) is 31.4. The Labute approximate surface area is 180 Å². The van der Waals surface area contributed by atoms with E-state index in [1.165, 1.54) is 16.2 Å². The van der Waals surface area contributed by atoms with Gasteiger partial charge < -0.3 is 10.1 Å². The average molecular weight is 472 g/mol. The van der Waals surface area contributed by atoms with Crippen LogP contribution in [0.5, 0.6) is 5.75 Å². The van der Waals surface area contributed by atoms with Gasteiger partial charge in [0.25, 0.3) is 5.91 Å². The lowest BCUT2D eigenvalue weighted by molar-refractivity contribution is -0.131. The molecule has 1 fully saturated rings. The summed E-state index contributed by atoms with van der Waals surface area (Å²) in [6.07, 6.45) is 0. The highest BCUT2D eigenvalue weighted by Gasteiger charge is 2.49. The Kier molecular flexibility index (Phi) is 5.14. The zero-order valence-corrected chi connectivity index (χ0v) is 18.2. The van der Waals surface area contributed by atoms with Crippen molar-refractivity contribution >= 4 is 39.2 Å². The molecule has 4 rings (SSSR count). The number of nitrogens with one attached hydrogen (secondary N) is 1. The number of thiazole rings is 1. The molecule has 0 aliphatic carbocycles. The van der Waals surface area contributed by atoms with Crippen LogP contribution in [-0.4, -0.2) is 28.9 Å². The summed E-state index contributed by atoms with van der Waals surface area (Å²) in [5.41, 5.74) is 1.17. The normalized spacial score (nSPS) is 18.8. The van der Waals surface area contributed by atoms with Gasteiger partial charge in [-0.25, -0.2) is 9.78 Å². The van der Waals surface area contributed by atoms with Gasteiger partial charge in [-0.05, 0) is 30.7 Å². The van der Waals surface area contributed by atoms with Crippen molar-refractivity contribution in [3.8, 4) is 16.3 Å². The van der Waals surface area contributed by atoms with E-state index in [0.29, 0.717) is 11.4 Å². The first-order chi connectivity index (χ1) is 13.9. The summed E-state index contributed by atoms with van der Waals surface area (Å²) in [6, 6.07) is 14.5. The second kappa shape index (κ2) is 7.61. The Balaban J connectivity index is 1.59. The molecule has 0 bridgehead atoms. The molecule has 1 saturated heterocycles. The topological polar surface area (TPSA) is 71.5 Å². The van der Waals surface area contributed by atoms with Gasteiger partial charge in [0.15, 0.2) is 0 Å². The SMILES string of the molecule is COc1ccc(Br)cc1-c1nc(CN2C(=O)N[C@](C)(c3ccccc3)C2=O)cs1. The molecule has 6 nitrogen and oxygen atoms in total. The maximum atomic E-state index is 13.1. The molecule has 0 spiro atoms. The number of halogens is 1. The Morgan fingerprint density at radius 2 is 1.97 bits per heavy atom. The van der Waals surface area contributed by atoms with Crippen LogP contribution in [0.3, 0.4) is 0 Å². The molecule has 2 aromatic carbocycles. The Hall–Kier alpha value is -2.71. The summed E-state index contributed by atoms with van der Waals surface area (Å²) in [5, 5.41) is 5.43. The number of imide groups is 1. The first-order valence-electron chi connectivity index (χ1n) is 8.90. The lowest BCUT2D eigenvalue weighted by Gasteiger charge is -2.21. The minimum Gasteiger partial charge on any atom is -0.496 e. The molecule has 1 aliphatic heterocycles. The van der Waals surface area contributed by atoms with Crippen molar-refractivity contribution in [1.82, 2.24) is 15.2 Å². The molecule has 0 saturated carbocycles. The number of rotatable bonds is 5. The Bertz CT molecular complexity index is 1090. The molecule has 0 radical (unpaired) electrons. The predicted octanol–water partition coefficient (Wildman–Crippen LogP) is 4.55. The Morgan fingerprint density at radius 1 is 1.21 bits per heavy atom. The number of carbonyl (C=O) groups is 2. The number of aromatic nitrogens is 1. The van der Waals surface area contributed by atoms with E-state index in [1.807, 2.05) is 53.9 Å². The molecular weight excluding hydrogens is 454 g/mol. The van der Waals surface area contributed by atoms with Gasteiger partial charge in [0.05, 0.1) is 24.9 Å². The van der Waals surface area contributed by atoms with Crippen molar-refractivity contribution in [3.63, 3.8) is 0 Å². The van der Waals surface area contributed by atoms with Crippen LogP contribution >= 0.6 is 27.3 Å². The van der Waals surface area contributed by atoms with Crippen molar-refractivity contribution in [2.45, 2.75) is 19.0 Å². The average Bonchev–Trinajstić information content (AvgIpc) is 3.28. The molecule has 1 aromatic heterocycles. The fourth-order valence-corrected chi connectivity index (χ4v) is 4.51. The molecule has 3 amide bonds. The van der Waals surface area contributed by atoms with Crippen molar-refractivity contribution < 1.29 is 14.3 Å². The van der Waals surface area contributed by atoms with Crippen LogP contribution in [0.2, 0.25) is 0 Å². The van der Waals surface area contributed by atoms with Gasteiger partial charge in [-0.1, -0.05) is 46.3 Å². The fourth-order valence-electron chi connectivity index (χ4n) is 3.32. The third kappa shape index (κ3) is 3.54. The van der Waals surface area contributed by atoms with E-state index in [1.54, 1.807) is 14.0 Å². The van der Waals surface area contributed by atoms with Crippen LogP contribution in [-0.2, 0) is 16.9 Å². The molecule has 3 aromatic rings. The van der Waals surface area contributed by atoms with Crippen LogP contribution in [0.1, 0.15) is 18.2 Å². The molecule has 29 heavy (non-hydrogen) atoms. The van der Waals surface area contributed by atoms with E-state index in [9.17, 15) is 9.59 Å². The quantitative estimate of drug-likeness (QED) is 0.554. The Morgan fingerprint density at radius 3 is 2.69 bits per heavy atom. The first kappa shape index (κ1) is 19.6. The van der Waals surface area contributed by atoms with E-state index < -0.39 is 11.6 Å². The first-order valence-corrected chi connectivity index (χ1v) is 10.6. The third-order valence-corrected chi connectivity index (χ3v) is 6.31. The number of urea groups is 1. The van der Waals surface area contributed by atoms with E-state index >= 15 is 0 Å². The molecule has 1 aliphatic rings. The summed E-state index contributed by atoms with van der Waals surface area (Å²) in [5.74, 6) is 0.420. The van der Waals surface area contributed by atoms with Gasteiger partial charge in [0.2, 0.25) is 0 Å². The van der Waals surface area contributed by atoms with Gasteiger partial charge in [-0.2, -0.15) is 0 Å². The number of hydrogen-bond acceptors (Lipinski definition) is 5. The lowest BCUT2D eigenvalue weighted by Crippen LogP contribution is -2.40. The van der Waals surface area contributed by atoms with Crippen LogP contribution in [0.4, 0.5) is 4.79 Å². The molecule has 148 valence electrons. The van der Waals surface area contributed by atoms with Gasteiger partial charge >= 0.3 is 6.03 Å². The number of nitrogens with zero attached hydrogens (tertiary/aromatic N) is 2. The summed E-state index contributed by atoms with van der Waals surface area (Å²) >= 11 is 4.91. The number of amides is 3. The molecule has 1 N–H and O–H groups in total. The van der Waals surface area contributed by atoms with Crippen LogP contribution in [0.15, 0.2) is 58.4 Å². The minimum absolute atomic E-state index is 0.111. The van der Waals surface area contributed by atoms with Gasteiger partial charge in [0.1, 0.15) is 16.3 Å². The molecule has 0 unspecified atom stereocenters. The monoisotopic (exact) mass is 471 g/mol. The number of benzene rings is 2. The number of methoxy groups -OCH3 is 1. The highest BCUT2D eigenvalue weighted by atomic mass is 79.9. The molecule has 2 heterocycles. The van der Waals surface area contributed by atoms with E-state index in [0.717, 1.165) is 20.6 Å². The van der Waals surface area contributed by atoms with Crippen molar-refractivity contribution in [3.05, 3.63) is 69.6 Å². The van der Waals surface area contributed by atoms with Gasteiger partial charge in [0, 0.05) is 9.85 Å². The predicted molar refractivity (Wildman–Crippen MR) is 115 cm³/mol. The maximum Gasteiger partial charge on any atom is 0.325 e. The standard InChI is InChI=1S/C21H18BrN3O3S/c1-21(13-6-4-3-5-7-13)19(26)25(20(27)24-21)11-15-12-29-18(23-15)16-10-14(22)8-9-17(16)28-2/h3-10,12H,11H2,1-2H3,(H,24,27)/t21-/m1/s1. The maximum absolute atomic E-state index is 13.1. The summed E-state index contributed by atoms with van der Waals surface area (Å²) in [7, 11) is 1.61. The largest absolute Gasteiger partial charge is 0.496 e. The van der Waals surface area contributed by atoms with E-state index in [4.69, 9.17) is 4.74 Å². The van der Waals surface area contributed by atoms with Gasteiger partial charge in [-0.3, -0.25) is 9.69 Å². The van der Waals surface area contributed by atoms with Crippen LogP contribution < -0.4 is 10.1 Å². The number of ether oxygens (including phenoxy) is 1.